The molecular formula is C13H9BrFN3O2. The number of anilines is 1. The Morgan fingerprint density at radius 3 is 2.30 bits per heavy atom. The normalized spacial score (nSPS) is 11.2. The number of hydrogen-bond donors (Lipinski definition) is 1. The van der Waals surface area contributed by atoms with Crippen molar-refractivity contribution >= 4 is 31.9 Å². The van der Waals surface area contributed by atoms with Gasteiger partial charge in [-0.3, -0.25) is 15.5 Å². The van der Waals surface area contributed by atoms with Crippen molar-refractivity contribution in [2.24, 2.45) is 5.10 Å². The summed E-state index contributed by atoms with van der Waals surface area (Å²) in [7, 11) is 0. The van der Waals surface area contributed by atoms with E-state index in [9.17, 15) is 14.5 Å². The predicted octanol–water partition coefficient (Wildman–Crippen LogP) is 3.90. The molecule has 2 aromatic carbocycles. The molecule has 0 unspecified atom stereocenters. The Morgan fingerprint density at radius 1 is 1.15 bits per heavy atom. The molecule has 0 spiro atoms. The first-order valence-electron chi connectivity index (χ1n) is 5.56. The van der Waals surface area contributed by atoms with Crippen molar-refractivity contribution in [3.8, 4) is 0 Å². The number of nitro groups is 1. The largest absolute Gasteiger partial charge is 0.277 e. The van der Waals surface area contributed by atoms with Gasteiger partial charge < -0.3 is 0 Å². The van der Waals surface area contributed by atoms with Gasteiger partial charge in [0, 0.05) is 17.7 Å². The monoisotopic (exact) mass is 337 g/mol. The molecule has 20 heavy (non-hydrogen) atoms. The maximum Gasteiger partial charge on any atom is 0.269 e. The number of halogens is 2. The lowest BCUT2D eigenvalue weighted by Gasteiger charge is -2.02. The number of hydrogen-bond acceptors (Lipinski definition) is 4. The summed E-state index contributed by atoms with van der Waals surface area (Å²) in [6.45, 7) is 0. The van der Waals surface area contributed by atoms with E-state index in [0.717, 1.165) is 0 Å². The first-order valence-corrected chi connectivity index (χ1v) is 6.35. The fraction of sp³-hybridized carbons (Fsp3) is 0. The highest BCUT2D eigenvalue weighted by atomic mass is 79.9. The van der Waals surface area contributed by atoms with Crippen LogP contribution in [-0.4, -0.2) is 9.54 Å². The lowest BCUT2D eigenvalue weighted by atomic mass is 10.2. The molecule has 0 atom stereocenters. The lowest BCUT2D eigenvalue weighted by Crippen LogP contribution is -1.97. The summed E-state index contributed by atoms with van der Waals surface area (Å²) in [4.78, 5) is 10.0. The van der Waals surface area contributed by atoms with Gasteiger partial charge in [0.25, 0.3) is 5.69 Å². The van der Waals surface area contributed by atoms with Crippen molar-refractivity contribution in [1.82, 2.24) is 0 Å². The number of rotatable bonds is 4. The number of nitro benzene ring substituents is 1. The first kappa shape index (κ1) is 14.1. The van der Waals surface area contributed by atoms with Gasteiger partial charge in [-0.2, -0.15) is 5.10 Å². The van der Waals surface area contributed by atoms with Gasteiger partial charge in [-0.15, -0.1) is 0 Å². The Hall–Kier alpha value is -2.28. The average molecular weight is 338 g/mol. The molecule has 0 heterocycles. The summed E-state index contributed by atoms with van der Waals surface area (Å²) < 4.78 is 13.3. The van der Waals surface area contributed by atoms with Crippen LogP contribution in [0.5, 0.6) is 0 Å². The highest BCUT2D eigenvalue weighted by Gasteiger charge is 2.04. The minimum Gasteiger partial charge on any atom is -0.277 e. The molecule has 1 N–H and O–H groups in total. The third kappa shape index (κ3) is 3.61. The molecule has 0 amide bonds. The van der Waals surface area contributed by atoms with E-state index in [-0.39, 0.29) is 11.5 Å². The third-order valence-corrected chi connectivity index (χ3v) is 3.08. The minimum atomic E-state index is -0.471. The van der Waals surface area contributed by atoms with Crippen molar-refractivity contribution in [1.29, 1.82) is 0 Å². The Labute approximate surface area is 122 Å². The third-order valence-electron chi connectivity index (χ3n) is 2.44. The first-order chi connectivity index (χ1) is 9.56. The van der Waals surface area contributed by atoms with Crippen LogP contribution >= 0.6 is 15.9 Å². The number of nitrogens with one attached hydrogen (secondary N) is 1. The van der Waals surface area contributed by atoms with Crippen molar-refractivity contribution in [3.05, 3.63) is 70.0 Å². The summed E-state index contributed by atoms with van der Waals surface area (Å²) in [5, 5.41) is 14.6. The maximum atomic E-state index is 12.8. The molecule has 0 aromatic heterocycles. The average Bonchev–Trinajstić information content (AvgIpc) is 2.46. The second-order valence-corrected chi connectivity index (χ2v) is 4.58. The summed E-state index contributed by atoms with van der Waals surface area (Å²) >= 11 is 3.26. The second-order valence-electron chi connectivity index (χ2n) is 3.83. The highest BCUT2D eigenvalue weighted by molar-refractivity contribution is 9.18. The molecule has 0 bridgehead atoms. The molecule has 0 aliphatic heterocycles. The van der Waals surface area contributed by atoms with Gasteiger partial charge in [-0.25, -0.2) is 4.39 Å². The Bertz CT molecular complexity index is 642. The quantitative estimate of drug-likeness (QED) is 0.522. The van der Waals surface area contributed by atoms with Crippen LogP contribution in [-0.2, 0) is 0 Å². The van der Waals surface area contributed by atoms with E-state index >= 15 is 0 Å². The molecule has 0 saturated carbocycles. The van der Waals surface area contributed by atoms with Crippen LogP contribution in [0.15, 0.2) is 53.6 Å². The number of non-ortho nitro benzene ring substituents is 1. The zero-order valence-electron chi connectivity index (χ0n) is 10.1. The Morgan fingerprint density at radius 2 is 1.75 bits per heavy atom. The van der Waals surface area contributed by atoms with Gasteiger partial charge in [0.2, 0.25) is 0 Å². The van der Waals surface area contributed by atoms with Gasteiger partial charge in [-0.1, -0.05) is 0 Å². The van der Waals surface area contributed by atoms with Crippen LogP contribution in [0.4, 0.5) is 15.8 Å². The van der Waals surface area contributed by atoms with Gasteiger partial charge in [0.15, 0.2) is 0 Å². The molecule has 0 saturated heterocycles. The molecule has 0 radical (unpaired) electrons. The fourth-order valence-electron chi connectivity index (χ4n) is 1.42. The van der Waals surface area contributed by atoms with Crippen molar-refractivity contribution in [2.75, 3.05) is 5.43 Å². The summed E-state index contributed by atoms with van der Waals surface area (Å²) in [6.07, 6.45) is 0. The fourth-order valence-corrected chi connectivity index (χ4v) is 1.78. The number of nitrogens with zero attached hydrogens (tertiary/aromatic N) is 2. The molecule has 0 aliphatic carbocycles. The molecule has 7 heteroatoms. The molecule has 2 rings (SSSR count). The summed E-state index contributed by atoms with van der Waals surface area (Å²) in [6, 6.07) is 11.7. The molecule has 0 aliphatic rings. The van der Waals surface area contributed by atoms with Crippen LogP contribution in [0.2, 0.25) is 0 Å². The van der Waals surface area contributed by atoms with Crippen LogP contribution < -0.4 is 5.43 Å². The zero-order valence-corrected chi connectivity index (χ0v) is 11.7. The molecular weight excluding hydrogens is 329 g/mol. The van der Waals surface area contributed by atoms with Crippen molar-refractivity contribution < 1.29 is 9.31 Å². The molecule has 102 valence electrons. The number of hydrazone groups is 1. The van der Waals surface area contributed by atoms with Gasteiger partial charge in [0.05, 0.1) is 10.6 Å². The van der Waals surface area contributed by atoms with Crippen LogP contribution in [0.1, 0.15) is 5.56 Å². The van der Waals surface area contributed by atoms with E-state index < -0.39 is 4.92 Å². The number of benzene rings is 2. The summed E-state index contributed by atoms with van der Waals surface area (Å²) in [5.74, 6) is -0.322. The zero-order chi connectivity index (χ0) is 14.5. The molecule has 2 aromatic rings. The van der Waals surface area contributed by atoms with Crippen LogP contribution in [0, 0.1) is 15.9 Å². The van der Waals surface area contributed by atoms with Gasteiger partial charge in [0.1, 0.15) is 10.4 Å². The van der Waals surface area contributed by atoms with Crippen molar-refractivity contribution in [3.63, 3.8) is 0 Å². The van der Waals surface area contributed by atoms with E-state index in [0.29, 0.717) is 15.9 Å². The summed E-state index contributed by atoms with van der Waals surface area (Å²) in [5.41, 5.74) is 4.07. The van der Waals surface area contributed by atoms with Gasteiger partial charge in [-0.05, 0) is 52.3 Å². The predicted molar refractivity (Wildman–Crippen MR) is 78.6 cm³/mol. The van der Waals surface area contributed by atoms with E-state index in [2.05, 4.69) is 26.5 Å². The van der Waals surface area contributed by atoms with Crippen molar-refractivity contribution in [2.45, 2.75) is 0 Å². The Kier molecular flexibility index (Phi) is 4.41. The molecule has 5 nitrogen and oxygen atoms in total. The smallest absolute Gasteiger partial charge is 0.269 e. The lowest BCUT2D eigenvalue weighted by molar-refractivity contribution is -0.384. The standard InChI is InChI=1S/C13H9BrFN3O2/c14-13(9-1-3-10(15)4-2-9)17-16-11-5-7-12(8-6-11)18(19)20/h1-8,16H/b17-13-. The van der Waals surface area contributed by atoms with E-state index in [1.165, 1.54) is 24.3 Å². The maximum absolute atomic E-state index is 12.8. The SMILES string of the molecule is O=[N+]([O-])c1ccc(N/N=C(\Br)c2ccc(F)cc2)cc1. The van der Waals surface area contributed by atoms with E-state index in [4.69, 9.17) is 0 Å². The van der Waals surface area contributed by atoms with Gasteiger partial charge >= 0.3 is 0 Å². The van der Waals surface area contributed by atoms with E-state index in [1.54, 1.807) is 24.3 Å². The molecule has 0 fully saturated rings. The topological polar surface area (TPSA) is 67.5 Å². The minimum absolute atomic E-state index is 0.0112. The Balaban J connectivity index is 2.08. The van der Waals surface area contributed by atoms with Crippen LogP contribution in [0.3, 0.4) is 0 Å². The highest BCUT2D eigenvalue weighted by Crippen LogP contribution is 2.16. The second kappa shape index (κ2) is 6.25. The van der Waals surface area contributed by atoms with Crippen LogP contribution in [0.25, 0.3) is 0 Å². The van der Waals surface area contributed by atoms with E-state index in [1.807, 2.05) is 0 Å².